The lowest BCUT2D eigenvalue weighted by Crippen LogP contribution is -2.35. The van der Waals surface area contributed by atoms with Crippen LogP contribution in [-0.4, -0.2) is 24.5 Å². The Labute approximate surface area is 113 Å². The molecule has 1 aliphatic carbocycles. The number of nitrogens with two attached hydrogens (primary N) is 1. The fraction of sp³-hybridized carbons (Fsp3) is 0.692. The highest BCUT2D eigenvalue weighted by atomic mass is 35.5. The Bertz CT molecular complexity index is 349. The van der Waals surface area contributed by atoms with E-state index >= 15 is 0 Å². The maximum Gasteiger partial charge on any atom is 0.0931 e. The largest absolute Gasteiger partial charge is 0.329 e. The molecule has 0 aliphatic heterocycles. The zero-order valence-corrected chi connectivity index (χ0v) is 11.9. The van der Waals surface area contributed by atoms with Crippen molar-refractivity contribution in [3.05, 3.63) is 21.3 Å². The Morgan fingerprint density at radius 1 is 1.53 bits per heavy atom. The van der Waals surface area contributed by atoms with Crippen LogP contribution in [0, 0.1) is 5.92 Å². The van der Waals surface area contributed by atoms with Gasteiger partial charge in [0.05, 0.1) is 10.4 Å². The molecule has 1 atom stereocenters. The molecule has 2 nitrogen and oxygen atoms in total. The summed E-state index contributed by atoms with van der Waals surface area (Å²) in [6.07, 6.45) is 3.97. The Hall–Kier alpha value is -0.0900. The van der Waals surface area contributed by atoms with E-state index in [2.05, 4.69) is 17.9 Å². The van der Waals surface area contributed by atoms with E-state index in [1.807, 2.05) is 6.07 Å². The molecule has 1 fully saturated rings. The van der Waals surface area contributed by atoms with E-state index in [0.29, 0.717) is 12.6 Å². The van der Waals surface area contributed by atoms with Gasteiger partial charge >= 0.3 is 0 Å². The van der Waals surface area contributed by atoms with Gasteiger partial charge in [-0.2, -0.15) is 0 Å². The van der Waals surface area contributed by atoms with Crippen molar-refractivity contribution in [1.29, 1.82) is 0 Å². The van der Waals surface area contributed by atoms with Crippen LogP contribution < -0.4 is 5.73 Å². The average molecular weight is 273 g/mol. The molecule has 0 amide bonds. The van der Waals surface area contributed by atoms with Crippen molar-refractivity contribution >= 4 is 22.9 Å². The number of halogens is 1. The summed E-state index contributed by atoms with van der Waals surface area (Å²) in [7, 11) is 0. The monoisotopic (exact) mass is 272 g/mol. The number of rotatable bonds is 7. The van der Waals surface area contributed by atoms with Crippen molar-refractivity contribution in [3.63, 3.8) is 0 Å². The summed E-state index contributed by atoms with van der Waals surface area (Å²) in [4.78, 5) is 3.85. The van der Waals surface area contributed by atoms with Crippen molar-refractivity contribution in [3.8, 4) is 0 Å². The predicted molar refractivity (Wildman–Crippen MR) is 75.7 cm³/mol. The van der Waals surface area contributed by atoms with Crippen molar-refractivity contribution in [2.75, 3.05) is 19.6 Å². The summed E-state index contributed by atoms with van der Waals surface area (Å²) in [6.45, 7) is 5.25. The molecule has 96 valence electrons. The van der Waals surface area contributed by atoms with E-state index in [-0.39, 0.29) is 0 Å². The molecule has 0 radical (unpaired) electrons. The second-order valence-corrected chi connectivity index (χ2v) is 6.58. The molecule has 0 spiro atoms. The van der Waals surface area contributed by atoms with Crippen LogP contribution in [0.4, 0.5) is 0 Å². The van der Waals surface area contributed by atoms with Crippen LogP contribution in [0.3, 0.4) is 0 Å². The molecule has 17 heavy (non-hydrogen) atoms. The lowest BCUT2D eigenvalue weighted by Gasteiger charge is -2.30. The minimum atomic E-state index is 0.355. The molecule has 1 aromatic rings. The third-order valence-electron chi connectivity index (χ3n) is 3.29. The van der Waals surface area contributed by atoms with Crippen LogP contribution >= 0.6 is 22.9 Å². The molecule has 0 saturated heterocycles. The standard InChI is InChI=1S/C13H21ClN2S/c1-2-7-16(9-10-3-4-10)11(8-15)12-5-6-13(14)17-12/h5-6,10-11H,2-4,7-9,15H2,1H3. The van der Waals surface area contributed by atoms with Gasteiger partial charge in [0.2, 0.25) is 0 Å². The summed E-state index contributed by atoms with van der Waals surface area (Å²) < 4.78 is 0.862. The highest BCUT2D eigenvalue weighted by molar-refractivity contribution is 7.16. The number of hydrogen-bond donors (Lipinski definition) is 1. The van der Waals surface area contributed by atoms with Crippen LogP contribution in [0.25, 0.3) is 0 Å². The summed E-state index contributed by atoms with van der Waals surface area (Å²) in [6, 6.07) is 4.46. The molecule has 0 bridgehead atoms. The third kappa shape index (κ3) is 3.68. The normalized spacial score (nSPS) is 17.6. The summed E-state index contributed by atoms with van der Waals surface area (Å²) in [5.74, 6) is 0.908. The average Bonchev–Trinajstić information content (AvgIpc) is 3.02. The minimum absolute atomic E-state index is 0.355. The van der Waals surface area contributed by atoms with E-state index in [9.17, 15) is 0 Å². The smallest absolute Gasteiger partial charge is 0.0931 e. The number of hydrogen-bond acceptors (Lipinski definition) is 3. The SMILES string of the molecule is CCCN(CC1CC1)C(CN)c1ccc(Cl)s1. The molecule has 1 unspecified atom stereocenters. The molecule has 0 aromatic carbocycles. The fourth-order valence-corrected chi connectivity index (χ4v) is 3.46. The first kappa shape index (κ1) is 13.3. The van der Waals surface area contributed by atoms with Crippen LogP contribution in [-0.2, 0) is 0 Å². The van der Waals surface area contributed by atoms with E-state index in [4.69, 9.17) is 17.3 Å². The molecule has 1 heterocycles. The maximum absolute atomic E-state index is 6.02. The van der Waals surface area contributed by atoms with Gasteiger partial charge in [0, 0.05) is 18.0 Å². The highest BCUT2D eigenvalue weighted by Crippen LogP contribution is 2.35. The van der Waals surface area contributed by atoms with Crippen LogP contribution in [0.5, 0.6) is 0 Å². The zero-order chi connectivity index (χ0) is 12.3. The summed E-state index contributed by atoms with van der Waals surface area (Å²) >= 11 is 7.69. The molecule has 1 aromatic heterocycles. The van der Waals surface area contributed by atoms with Gasteiger partial charge in [0.1, 0.15) is 0 Å². The van der Waals surface area contributed by atoms with Gasteiger partial charge in [-0.25, -0.2) is 0 Å². The topological polar surface area (TPSA) is 29.3 Å². The van der Waals surface area contributed by atoms with E-state index in [1.165, 1.54) is 30.7 Å². The van der Waals surface area contributed by atoms with Crippen molar-refractivity contribution in [2.45, 2.75) is 32.2 Å². The third-order valence-corrected chi connectivity index (χ3v) is 4.62. The molecule has 1 aliphatic rings. The number of nitrogens with zero attached hydrogens (tertiary/aromatic N) is 1. The minimum Gasteiger partial charge on any atom is -0.329 e. The Kier molecular flexibility index (Phi) is 4.86. The zero-order valence-electron chi connectivity index (χ0n) is 10.4. The first-order chi connectivity index (χ1) is 8.24. The number of thiophene rings is 1. The van der Waals surface area contributed by atoms with Crippen LogP contribution in [0.15, 0.2) is 12.1 Å². The second-order valence-electron chi connectivity index (χ2n) is 4.83. The maximum atomic E-state index is 6.02. The van der Waals surface area contributed by atoms with Gasteiger partial charge in [0.15, 0.2) is 0 Å². The van der Waals surface area contributed by atoms with E-state index < -0.39 is 0 Å². The lowest BCUT2D eigenvalue weighted by molar-refractivity contribution is 0.196. The molecule has 1 saturated carbocycles. The van der Waals surface area contributed by atoms with Crippen LogP contribution in [0.2, 0.25) is 4.34 Å². The molecule has 4 heteroatoms. The fourth-order valence-electron chi connectivity index (χ4n) is 2.25. The molecule has 2 rings (SSSR count). The van der Waals surface area contributed by atoms with Crippen molar-refractivity contribution in [2.24, 2.45) is 11.7 Å². The van der Waals surface area contributed by atoms with Gasteiger partial charge in [-0.15, -0.1) is 11.3 Å². The Morgan fingerprint density at radius 2 is 2.29 bits per heavy atom. The van der Waals surface area contributed by atoms with Crippen LogP contribution in [0.1, 0.15) is 37.1 Å². The van der Waals surface area contributed by atoms with E-state index in [1.54, 1.807) is 11.3 Å². The quantitative estimate of drug-likeness (QED) is 0.823. The first-order valence-corrected chi connectivity index (χ1v) is 7.63. The Balaban J connectivity index is 2.06. The van der Waals surface area contributed by atoms with Gasteiger partial charge < -0.3 is 5.73 Å². The van der Waals surface area contributed by atoms with Gasteiger partial charge in [-0.3, -0.25) is 4.90 Å². The summed E-state index contributed by atoms with van der Waals surface area (Å²) in [5.41, 5.74) is 5.96. The van der Waals surface area contributed by atoms with E-state index in [0.717, 1.165) is 16.8 Å². The van der Waals surface area contributed by atoms with Gasteiger partial charge in [0.25, 0.3) is 0 Å². The van der Waals surface area contributed by atoms with Crippen molar-refractivity contribution < 1.29 is 0 Å². The summed E-state index contributed by atoms with van der Waals surface area (Å²) in [5, 5.41) is 0. The second kappa shape index (κ2) is 6.19. The highest BCUT2D eigenvalue weighted by Gasteiger charge is 2.28. The molecular formula is C13H21ClN2S. The Morgan fingerprint density at radius 3 is 2.76 bits per heavy atom. The predicted octanol–water partition coefficient (Wildman–Crippen LogP) is 3.52. The van der Waals surface area contributed by atoms with Gasteiger partial charge in [-0.1, -0.05) is 18.5 Å². The molecule has 2 N–H and O–H groups in total. The molecular weight excluding hydrogens is 252 g/mol. The lowest BCUT2D eigenvalue weighted by atomic mass is 10.1. The van der Waals surface area contributed by atoms with Crippen molar-refractivity contribution in [1.82, 2.24) is 4.90 Å². The van der Waals surface area contributed by atoms with Gasteiger partial charge in [-0.05, 0) is 43.9 Å². The first-order valence-electron chi connectivity index (χ1n) is 6.44.